The zero-order valence-electron chi connectivity index (χ0n) is 13.5. The number of hydrogen-bond donors (Lipinski definition) is 0. The van der Waals surface area contributed by atoms with Gasteiger partial charge in [0.15, 0.2) is 11.5 Å². The van der Waals surface area contributed by atoms with Crippen LogP contribution in [0.1, 0.15) is 44.3 Å². The molecule has 0 saturated carbocycles. The summed E-state index contributed by atoms with van der Waals surface area (Å²) in [6, 6.07) is 11.1. The first-order valence-corrected chi connectivity index (χ1v) is 7.88. The van der Waals surface area contributed by atoms with E-state index in [1.807, 2.05) is 18.2 Å². The number of benzene rings is 2. The average Bonchev–Trinajstić information content (AvgIpc) is 3.13. The summed E-state index contributed by atoms with van der Waals surface area (Å²) in [5.74, 6) is 0.193. The molecule has 0 fully saturated rings. The molecule has 2 aromatic carbocycles. The van der Waals surface area contributed by atoms with Gasteiger partial charge < -0.3 is 9.47 Å². The van der Waals surface area contributed by atoms with Crippen molar-refractivity contribution < 1.29 is 19.1 Å². The third-order valence-corrected chi connectivity index (χ3v) is 4.84. The molecule has 5 nitrogen and oxygen atoms in total. The van der Waals surface area contributed by atoms with Crippen molar-refractivity contribution in [2.75, 3.05) is 14.2 Å². The van der Waals surface area contributed by atoms with Gasteiger partial charge in [-0.1, -0.05) is 24.3 Å². The van der Waals surface area contributed by atoms with Gasteiger partial charge in [0, 0.05) is 0 Å². The average molecular weight is 323 g/mol. The molecule has 2 aromatic rings. The van der Waals surface area contributed by atoms with Gasteiger partial charge in [0.1, 0.15) is 0 Å². The Labute approximate surface area is 139 Å². The molecule has 2 amide bonds. The number of carbonyl (C=O) groups excluding carboxylic acids is 2. The van der Waals surface area contributed by atoms with Crippen molar-refractivity contribution in [1.29, 1.82) is 0 Å². The van der Waals surface area contributed by atoms with Gasteiger partial charge in [0.25, 0.3) is 11.8 Å². The van der Waals surface area contributed by atoms with E-state index in [4.69, 9.17) is 9.47 Å². The van der Waals surface area contributed by atoms with Crippen molar-refractivity contribution in [2.45, 2.75) is 18.9 Å². The van der Waals surface area contributed by atoms with Crippen LogP contribution in [0.4, 0.5) is 0 Å². The molecule has 1 atom stereocenters. The van der Waals surface area contributed by atoms with Gasteiger partial charge in [-0.3, -0.25) is 14.5 Å². The maximum absolute atomic E-state index is 13.0. The minimum absolute atomic E-state index is 0.218. The number of imide groups is 1. The lowest BCUT2D eigenvalue weighted by Crippen LogP contribution is -2.33. The molecule has 0 aromatic heterocycles. The number of methoxy groups -OCH3 is 2. The smallest absolute Gasteiger partial charge is 0.266 e. The van der Waals surface area contributed by atoms with Gasteiger partial charge in [-0.15, -0.1) is 0 Å². The molecule has 0 N–H and O–H groups in total. The highest BCUT2D eigenvalue weighted by molar-refractivity contribution is 6.23. The predicted octanol–water partition coefficient (Wildman–Crippen LogP) is 2.99. The van der Waals surface area contributed by atoms with Crippen molar-refractivity contribution in [1.82, 2.24) is 4.90 Å². The van der Waals surface area contributed by atoms with E-state index in [-0.39, 0.29) is 17.9 Å². The van der Waals surface area contributed by atoms with E-state index in [1.165, 1.54) is 24.7 Å². The molecule has 1 aliphatic carbocycles. The molecule has 2 aliphatic rings. The number of carbonyl (C=O) groups is 2. The molecule has 0 spiro atoms. The van der Waals surface area contributed by atoms with E-state index in [1.54, 1.807) is 12.1 Å². The van der Waals surface area contributed by atoms with Crippen LogP contribution in [0.15, 0.2) is 36.4 Å². The molecular formula is C19H17NO4. The summed E-state index contributed by atoms with van der Waals surface area (Å²) < 4.78 is 10.6. The normalized spacial score (nSPS) is 18.6. The maximum Gasteiger partial charge on any atom is 0.266 e. The first-order valence-electron chi connectivity index (χ1n) is 7.88. The van der Waals surface area contributed by atoms with Gasteiger partial charge in [-0.05, 0) is 36.1 Å². The van der Waals surface area contributed by atoms with E-state index >= 15 is 0 Å². The Balaban J connectivity index is 1.81. The van der Waals surface area contributed by atoms with Gasteiger partial charge >= 0.3 is 0 Å². The highest BCUT2D eigenvalue weighted by Crippen LogP contribution is 2.44. The van der Waals surface area contributed by atoms with Gasteiger partial charge in [-0.25, -0.2) is 0 Å². The van der Waals surface area contributed by atoms with Gasteiger partial charge in [-0.2, -0.15) is 0 Å². The summed E-state index contributed by atoms with van der Waals surface area (Å²) in [6.07, 6.45) is 1.62. The van der Waals surface area contributed by atoms with Crippen molar-refractivity contribution >= 4 is 11.8 Å². The minimum atomic E-state index is -0.313. The van der Waals surface area contributed by atoms with Crippen LogP contribution in [0.5, 0.6) is 11.5 Å². The van der Waals surface area contributed by atoms with Crippen molar-refractivity contribution in [2.24, 2.45) is 0 Å². The Morgan fingerprint density at radius 3 is 2.54 bits per heavy atom. The molecule has 0 saturated heterocycles. The number of hydrogen-bond acceptors (Lipinski definition) is 4. The number of amides is 2. The fourth-order valence-electron chi connectivity index (χ4n) is 3.75. The Morgan fingerprint density at radius 2 is 1.79 bits per heavy atom. The van der Waals surface area contributed by atoms with E-state index < -0.39 is 0 Å². The largest absolute Gasteiger partial charge is 0.493 e. The molecule has 24 heavy (non-hydrogen) atoms. The molecule has 0 radical (unpaired) electrons. The molecule has 4 rings (SSSR count). The van der Waals surface area contributed by atoms with E-state index in [9.17, 15) is 9.59 Å². The van der Waals surface area contributed by atoms with Crippen LogP contribution in [-0.4, -0.2) is 30.9 Å². The zero-order valence-corrected chi connectivity index (χ0v) is 13.5. The van der Waals surface area contributed by atoms with Crippen LogP contribution in [0, 0.1) is 0 Å². The zero-order chi connectivity index (χ0) is 16.8. The second-order valence-electron chi connectivity index (χ2n) is 5.96. The lowest BCUT2D eigenvalue weighted by atomic mass is 10.1. The van der Waals surface area contributed by atoms with Crippen LogP contribution < -0.4 is 9.47 Å². The summed E-state index contributed by atoms with van der Waals surface area (Å²) in [6.45, 7) is 0. The van der Waals surface area contributed by atoms with Crippen LogP contribution in [-0.2, 0) is 6.42 Å². The van der Waals surface area contributed by atoms with Crippen LogP contribution >= 0.6 is 0 Å². The number of aryl methyl sites for hydroxylation is 1. The topological polar surface area (TPSA) is 55.8 Å². The standard InChI is InChI=1S/C19H17NO4/c1-23-15-10-8-13-16(17(15)24-2)19(22)20(18(13)21)14-9-7-11-5-3-4-6-12(11)14/h3-6,8,10,14H,7,9H2,1-2H3/t14-/m0/s1. The molecular weight excluding hydrogens is 306 g/mol. The van der Waals surface area contributed by atoms with E-state index in [0.29, 0.717) is 22.6 Å². The summed E-state index contributed by atoms with van der Waals surface area (Å²) >= 11 is 0. The number of nitrogens with zero attached hydrogens (tertiary/aromatic N) is 1. The highest BCUT2D eigenvalue weighted by Gasteiger charge is 2.44. The summed E-state index contributed by atoms with van der Waals surface area (Å²) in [5.41, 5.74) is 2.93. The monoisotopic (exact) mass is 323 g/mol. The Hall–Kier alpha value is -2.82. The fraction of sp³-hybridized carbons (Fsp3) is 0.263. The van der Waals surface area contributed by atoms with Crippen molar-refractivity contribution in [3.05, 3.63) is 58.7 Å². The number of fused-ring (bicyclic) bond motifs is 2. The third kappa shape index (κ3) is 1.87. The molecule has 0 bridgehead atoms. The third-order valence-electron chi connectivity index (χ3n) is 4.84. The lowest BCUT2D eigenvalue weighted by molar-refractivity contribution is 0.0581. The van der Waals surface area contributed by atoms with E-state index in [2.05, 4.69) is 6.07 Å². The maximum atomic E-state index is 13.0. The van der Waals surface area contributed by atoms with Crippen LogP contribution in [0.25, 0.3) is 0 Å². The Kier molecular flexibility index (Phi) is 3.30. The lowest BCUT2D eigenvalue weighted by Gasteiger charge is -2.23. The first kappa shape index (κ1) is 14.8. The number of rotatable bonds is 3. The Bertz CT molecular complexity index is 858. The van der Waals surface area contributed by atoms with Crippen molar-refractivity contribution in [3.8, 4) is 11.5 Å². The first-order chi connectivity index (χ1) is 11.7. The summed E-state index contributed by atoms with van der Waals surface area (Å²) in [4.78, 5) is 27.3. The van der Waals surface area contributed by atoms with E-state index in [0.717, 1.165) is 18.4 Å². The molecule has 1 aliphatic heterocycles. The second-order valence-corrected chi connectivity index (χ2v) is 5.96. The highest BCUT2D eigenvalue weighted by atomic mass is 16.5. The number of ether oxygens (including phenoxy) is 2. The molecule has 5 heteroatoms. The molecule has 122 valence electrons. The Morgan fingerprint density at radius 1 is 1.00 bits per heavy atom. The summed E-state index contributed by atoms with van der Waals surface area (Å²) in [7, 11) is 2.99. The quantitative estimate of drug-likeness (QED) is 0.815. The van der Waals surface area contributed by atoms with Crippen LogP contribution in [0.2, 0.25) is 0 Å². The second kappa shape index (κ2) is 5.37. The predicted molar refractivity (Wildman–Crippen MR) is 87.6 cm³/mol. The summed E-state index contributed by atoms with van der Waals surface area (Å²) in [5, 5.41) is 0. The molecule has 0 unspecified atom stereocenters. The fourth-order valence-corrected chi connectivity index (χ4v) is 3.75. The van der Waals surface area contributed by atoms with Gasteiger partial charge in [0.05, 0.1) is 31.4 Å². The van der Waals surface area contributed by atoms with Crippen molar-refractivity contribution in [3.63, 3.8) is 0 Å². The SMILES string of the molecule is COc1ccc2c(c1OC)C(=O)N([C@H]1CCc3ccccc31)C2=O. The van der Waals surface area contributed by atoms with Crippen LogP contribution in [0.3, 0.4) is 0 Å². The molecule has 1 heterocycles. The van der Waals surface area contributed by atoms with Gasteiger partial charge in [0.2, 0.25) is 0 Å². The minimum Gasteiger partial charge on any atom is -0.493 e.